The molecule has 0 bridgehead atoms. The molecule has 11 nitrogen and oxygen atoms in total. The lowest BCUT2D eigenvalue weighted by Gasteiger charge is -2.32. The number of hydrogen-bond acceptors (Lipinski definition) is 7. The maximum atomic E-state index is 13.9. The monoisotopic (exact) mass is 678 g/mol. The standard InChI is InChI=1S/C39H46N6O5/c46-37(42-31-17-7-9-19-35(31)49-26-28-12-3-1-4-13-28)25-45-34(22-33(44-45)38(47)41-24-30-16-11-21-40-23-30)39(48)43-32-18-8-10-20-36(32)50-27-29-14-5-2-6-15-29/h1-6,11-16,21-23,31-32,35-36H,7-10,17-20,24-27H2,(H,41,47)(H,42,46)(H,43,48)/t31-,32-,35-,36-/m0/s1. The van der Waals surface area contributed by atoms with Crippen molar-refractivity contribution in [2.45, 2.75) is 102 Å². The molecule has 0 radical (unpaired) electrons. The number of aromatic nitrogens is 3. The van der Waals surface area contributed by atoms with Gasteiger partial charge in [0.15, 0.2) is 5.69 Å². The Morgan fingerprint density at radius 1 is 0.700 bits per heavy atom. The van der Waals surface area contributed by atoms with E-state index >= 15 is 0 Å². The summed E-state index contributed by atoms with van der Waals surface area (Å²) in [6.07, 6.45) is 10.3. The predicted molar refractivity (Wildman–Crippen MR) is 188 cm³/mol. The maximum absolute atomic E-state index is 13.9. The van der Waals surface area contributed by atoms with Crippen LogP contribution in [0.3, 0.4) is 0 Å². The van der Waals surface area contributed by atoms with Gasteiger partial charge >= 0.3 is 0 Å². The van der Waals surface area contributed by atoms with Crippen molar-refractivity contribution >= 4 is 17.7 Å². The van der Waals surface area contributed by atoms with Crippen molar-refractivity contribution in [1.82, 2.24) is 30.7 Å². The van der Waals surface area contributed by atoms with E-state index in [1.54, 1.807) is 18.5 Å². The first-order valence-electron chi connectivity index (χ1n) is 17.7. The van der Waals surface area contributed by atoms with Gasteiger partial charge in [0, 0.05) is 25.0 Å². The number of carbonyl (C=O) groups is 3. The average molecular weight is 679 g/mol. The normalized spacial score (nSPS) is 20.5. The second-order valence-electron chi connectivity index (χ2n) is 13.1. The lowest BCUT2D eigenvalue weighted by atomic mass is 9.92. The summed E-state index contributed by atoms with van der Waals surface area (Å²) in [6.45, 7) is 0.944. The maximum Gasteiger partial charge on any atom is 0.272 e. The highest BCUT2D eigenvalue weighted by Gasteiger charge is 2.31. The minimum Gasteiger partial charge on any atom is -0.371 e. The van der Waals surface area contributed by atoms with E-state index in [0.717, 1.165) is 68.1 Å². The number of hydrogen-bond donors (Lipinski definition) is 3. The van der Waals surface area contributed by atoms with Crippen LogP contribution in [0.15, 0.2) is 91.3 Å². The zero-order chi connectivity index (χ0) is 34.5. The van der Waals surface area contributed by atoms with Crippen molar-refractivity contribution in [3.63, 3.8) is 0 Å². The zero-order valence-corrected chi connectivity index (χ0v) is 28.3. The van der Waals surface area contributed by atoms with Crippen LogP contribution in [0.1, 0.15) is 89.0 Å². The molecule has 3 N–H and O–H groups in total. The Kier molecular flexibility index (Phi) is 12.4. The van der Waals surface area contributed by atoms with Crippen molar-refractivity contribution in [3.8, 4) is 0 Å². The summed E-state index contributed by atoms with van der Waals surface area (Å²) in [5.41, 5.74) is 3.16. The Bertz CT molecular complexity index is 1680. The summed E-state index contributed by atoms with van der Waals surface area (Å²) in [4.78, 5) is 44.8. The Hall–Kier alpha value is -4.87. The molecule has 0 unspecified atom stereocenters. The van der Waals surface area contributed by atoms with Gasteiger partial charge in [0.25, 0.3) is 11.8 Å². The SMILES string of the molecule is O=C(Cn1nc(C(=O)NCc2cccnc2)cc1C(=O)N[C@H]1CCCC[C@@H]1OCc1ccccc1)N[C@H]1CCCC[C@@H]1OCc1ccccc1. The van der Waals surface area contributed by atoms with Crippen LogP contribution in [-0.2, 0) is 40.6 Å². The fraction of sp³-hybridized carbons (Fsp3) is 0.410. The molecule has 2 heterocycles. The first-order chi connectivity index (χ1) is 24.5. The summed E-state index contributed by atoms with van der Waals surface area (Å²) < 4.78 is 13.9. The minimum absolute atomic E-state index is 0.0501. The Labute approximate surface area is 293 Å². The van der Waals surface area contributed by atoms with Crippen LogP contribution in [0.25, 0.3) is 0 Å². The molecule has 2 aromatic heterocycles. The summed E-state index contributed by atoms with van der Waals surface area (Å²) in [6, 6.07) is 24.7. The van der Waals surface area contributed by atoms with E-state index in [2.05, 4.69) is 26.0 Å². The summed E-state index contributed by atoms with van der Waals surface area (Å²) in [5.74, 6) is -1.16. The van der Waals surface area contributed by atoms with E-state index in [1.165, 1.54) is 10.7 Å². The second kappa shape index (κ2) is 17.7. The molecule has 2 fully saturated rings. The first kappa shape index (κ1) is 35.0. The van der Waals surface area contributed by atoms with Crippen molar-refractivity contribution < 1.29 is 23.9 Å². The van der Waals surface area contributed by atoms with E-state index in [4.69, 9.17) is 9.47 Å². The molecular weight excluding hydrogens is 632 g/mol. The van der Waals surface area contributed by atoms with E-state index in [-0.39, 0.29) is 54.7 Å². The van der Waals surface area contributed by atoms with Gasteiger partial charge in [-0.05, 0) is 48.4 Å². The smallest absolute Gasteiger partial charge is 0.272 e. The van der Waals surface area contributed by atoms with Gasteiger partial charge in [0.1, 0.15) is 12.2 Å². The van der Waals surface area contributed by atoms with Gasteiger partial charge in [0.2, 0.25) is 5.91 Å². The molecule has 0 spiro atoms. The van der Waals surface area contributed by atoms with E-state index in [0.29, 0.717) is 13.2 Å². The highest BCUT2D eigenvalue weighted by atomic mass is 16.5. The van der Waals surface area contributed by atoms with Gasteiger partial charge in [-0.25, -0.2) is 4.68 Å². The van der Waals surface area contributed by atoms with Crippen LogP contribution >= 0.6 is 0 Å². The summed E-state index contributed by atoms with van der Waals surface area (Å²) in [5, 5.41) is 13.6. The Morgan fingerprint density at radius 3 is 1.88 bits per heavy atom. The molecule has 0 aliphatic heterocycles. The molecule has 2 aliphatic carbocycles. The Balaban J connectivity index is 1.14. The largest absolute Gasteiger partial charge is 0.371 e. The van der Waals surface area contributed by atoms with E-state index < -0.39 is 11.8 Å². The summed E-state index contributed by atoms with van der Waals surface area (Å²) >= 11 is 0. The second-order valence-corrected chi connectivity index (χ2v) is 13.1. The lowest BCUT2D eigenvalue weighted by molar-refractivity contribution is -0.124. The van der Waals surface area contributed by atoms with Crippen molar-refractivity contribution in [2.75, 3.05) is 0 Å². The summed E-state index contributed by atoms with van der Waals surface area (Å²) in [7, 11) is 0. The quantitative estimate of drug-likeness (QED) is 0.169. The average Bonchev–Trinajstić information content (AvgIpc) is 3.58. The number of amides is 3. The number of nitrogens with zero attached hydrogens (tertiary/aromatic N) is 3. The van der Waals surface area contributed by atoms with Crippen LogP contribution in [-0.4, -0.2) is 56.8 Å². The van der Waals surface area contributed by atoms with Crippen LogP contribution < -0.4 is 16.0 Å². The highest BCUT2D eigenvalue weighted by molar-refractivity contribution is 5.98. The Morgan fingerprint density at radius 2 is 1.28 bits per heavy atom. The minimum atomic E-state index is -0.453. The van der Waals surface area contributed by atoms with E-state index in [9.17, 15) is 14.4 Å². The highest BCUT2D eigenvalue weighted by Crippen LogP contribution is 2.24. The van der Waals surface area contributed by atoms with Crippen LogP contribution in [0.4, 0.5) is 0 Å². The lowest BCUT2D eigenvalue weighted by Crippen LogP contribution is -2.48. The number of carbonyl (C=O) groups excluding carboxylic acids is 3. The third kappa shape index (κ3) is 9.86. The van der Waals surface area contributed by atoms with Crippen molar-refractivity contribution in [2.24, 2.45) is 0 Å². The number of ether oxygens (including phenoxy) is 2. The molecule has 262 valence electrons. The molecule has 4 atom stereocenters. The molecule has 3 amide bonds. The van der Waals surface area contributed by atoms with Gasteiger partial charge < -0.3 is 25.4 Å². The van der Waals surface area contributed by atoms with Crippen LogP contribution in [0.2, 0.25) is 0 Å². The first-order valence-corrected chi connectivity index (χ1v) is 17.7. The molecular formula is C39H46N6O5. The van der Waals surface area contributed by atoms with Gasteiger partial charge in [0.05, 0.1) is 37.5 Å². The fourth-order valence-electron chi connectivity index (χ4n) is 6.72. The molecule has 50 heavy (non-hydrogen) atoms. The number of rotatable bonds is 14. The molecule has 2 aliphatic rings. The third-order valence-electron chi connectivity index (χ3n) is 9.40. The fourth-order valence-corrected chi connectivity index (χ4v) is 6.72. The third-order valence-corrected chi connectivity index (χ3v) is 9.40. The predicted octanol–water partition coefficient (Wildman–Crippen LogP) is 5.11. The molecule has 2 aromatic carbocycles. The van der Waals surface area contributed by atoms with E-state index in [1.807, 2.05) is 66.7 Å². The molecule has 6 rings (SSSR count). The number of nitrogens with one attached hydrogen (secondary N) is 3. The van der Waals surface area contributed by atoms with Gasteiger partial charge in [-0.2, -0.15) is 5.10 Å². The molecule has 2 saturated carbocycles. The number of benzene rings is 2. The van der Waals surface area contributed by atoms with Crippen molar-refractivity contribution in [1.29, 1.82) is 0 Å². The van der Waals surface area contributed by atoms with Gasteiger partial charge in [-0.15, -0.1) is 0 Å². The molecule has 0 saturated heterocycles. The van der Waals surface area contributed by atoms with Crippen LogP contribution in [0.5, 0.6) is 0 Å². The van der Waals surface area contributed by atoms with Crippen LogP contribution in [0, 0.1) is 0 Å². The topological polar surface area (TPSA) is 136 Å². The van der Waals surface area contributed by atoms with Crippen molar-refractivity contribution in [3.05, 3.63) is 119 Å². The zero-order valence-electron chi connectivity index (χ0n) is 28.3. The molecule has 11 heteroatoms. The van der Waals surface area contributed by atoms with Gasteiger partial charge in [-0.3, -0.25) is 19.4 Å². The van der Waals surface area contributed by atoms with Gasteiger partial charge in [-0.1, -0.05) is 92.4 Å². The number of pyridine rings is 1. The molecule has 4 aromatic rings.